The third-order valence-electron chi connectivity index (χ3n) is 2.24. The molecule has 1 saturated carbocycles. The smallest absolute Gasteiger partial charge is 0.227 e. The van der Waals surface area contributed by atoms with Gasteiger partial charge in [-0.15, -0.1) is 0 Å². The summed E-state index contributed by atoms with van der Waals surface area (Å²) in [4.78, 5) is 11.4. The van der Waals surface area contributed by atoms with E-state index in [4.69, 9.17) is 5.73 Å². The number of benzene rings is 1. The SMILES string of the molecule is Nc1ccc(O)cc1NC(=O)C1CC1. The molecule has 0 radical (unpaired) electrons. The van der Waals surface area contributed by atoms with Gasteiger partial charge in [0.2, 0.25) is 5.91 Å². The number of hydrogen-bond acceptors (Lipinski definition) is 3. The first-order valence-electron chi connectivity index (χ1n) is 4.56. The highest BCUT2D eigenvalue weighted by molar-refractivity contribution is 5.96. The van der Waals surface area contributed by atoms with Crippen LogP contribution >= 0.6 is 0 Å². The molecule has 74 valence electrons. The van der Waals surface area contributed by atoms with Gasteiger partial charge in [0.1, 0.15) is 5.75 Å². The van der Waals surface area contributed by atoms with Gasteiger partial charge in [0, 0.05) is 12.0 Å². The number of nitrogen functional groups attached to an aromatic ring is 1. The van der Waals surface area contributed by atoms with Crippen LogP contribution in [0.15, 0.2) is 18.2 Å². The minimum Gasteiger partial charge on any atom is -0.508 e. The van der Waals surface area contributed by atoms with Crippen molar-refractivity contribution in [3.05, 3.63) is 18.2 Å². The fourth-order valence-electron chi connectivity index (χ4n) is 1.23. The number of phenols is 1. The van der Waals surface area contributed by atoms with E-state index < -0.39 is 0 Å². The number of amides is 1. The van der Waals surface area contributed by atoms with E-state index in [2.05, 4.69) is 5.32 Å². The highest BCUT2D eigenvalue weighted by Crippen LogP contribution is 2.31. The largest absolute Gasteiger partial charge is 0.508 e. The van der Waals surface area contributed by atoms with Crippen molar-refractivity contribution in [3.8, 4) is 5.75 Å². The highest BCUT2D eigenvalue weighted by Gasteiger charge is 2.29. The van der Waals surface area contributed by atoms with Crippen molar-refractivity contribution in [3.63, 3.8) is 0 Å². The van der Waals surface area contributed by atoms with Gasteiger partial charge in [0.15, 0.2) is 0 Å². The average molecular weight is 192 g/mol. The van der Waals surface area contributed by atoms with Gasteiger partial charge in [0.25, 0.3) is 0 Å². The lowest BCUT2D eigenvalue weighted by Crippen LogP contribution is -2.14. The quantitative estimate of drug-likeness (QED) is 0.488. The molecular formula is C10H12N2O2. The van der Waals surface area contributed by atoms with Crippen molar-refractivity contribution in [2.24, 2.45) is 5.92 Å². The minimum absolute atomic E-state index is 0.0118. The average Bonchev–Trinajstić information content (AvgIpc) is 2.94. The van der Waals surface area contributed by atoms with Gasteiger partial charge in [-0.1, -0.05) is 0 Å². The Bertz CT molecular complexity index is 372. The monoisotopic (exact) mass is 192 g/mol. The second-order valence-corrected chi connectivity index (χ2v) is 3.54. The van der Waals surface area contributed by atoms with Crippen LogP contribution in [0.1, 0.15) is 12.8 Å². The van der Waals surface area contributed by atoms with Crippen molar-refractivity contribution in [2.45, 2.75) is 12.8 Å². The number of phenolic OH excluding ortho intramolecular Hbond substituents is 1. The fourth-order valence-corrected chi connectivity index (χ4v) is 1.23. The topological polar surface area (TPSA) is 75.3 Å². The van der Waals surface area contributed by atoms with Crippen LogP contribution in [-0.2, 0) is 4.79 Å². The number of nitrogens with two attached hydrogens (primary N) is 1. The maximum absolute atomic E-state index is 11.4. The van der Waals surface area contributed by atoms with Crippen LogP contribution in [0.3, 0.4) is 0 Å². The lowest BCUT2D eigenvalue weighted by molar-refractivity contribution is -0.117. The van der Waals surface area contributed by atoms with Gasteiger partial charge in [-0.2, -0.15) is 0 Å². The molecule has 4 nitrogen and oxygen atoms in total. The molecule has 1 aliphatic carbocycles. The van der Waals surface area contributed by atoms with Crippen molar-refractivity contribution in [1.82, 2.24) is 0 Å². The first-order chi connectivity index (χ1) is 6.66. The molecule has 0 bridgehead atoms. The normalized spacial score (nSPS) is 15.1. The lowest BCUT2D eigenvalue weighted by Gasteiger charge is -2.07. The Balaban J connectivity index is 2.14. The van der Waals surface area contributed by atoms with Crippen molar-refractivity contribution < 1.29 is 9.90 Å². The molecule has 1 amide bonds. The Labute approximate surface area is 81.7 Å². The Morgan fingerprint density at radius 1 is 1.50 bits per heavy atom. The maximum atomic E-state index is 11.4. The fraction of sp³-hybridized carbons (Fsp3) is 0.300. The molecule has 14 heavy (non-hydrogen) atoms. The van der Waals surface area contributed by atoms with Crippen molar-refractivity contribution >= 4 is 17.3 Å². The summed E-state index contributed by atoms with van der Waals surface area (Å²) < 4.78 is 0. The third kappa shape index (κ3) is 1.79. The second kappa shape index (κ2) is 3.21. The zero-order valence-corrected chi connectivity index (χ0v) is 7.66. The van der Waals surface area contributed by atoms with E-state index in [1.54, 1.807) is 6.07 Å². The molecular weight excluding hydrogens is 180 g/mol. The number of hydrogen-bond donors (Lipinski definition) is 3. The number of anilines is 2. The van der Waals surface area contributed by atoms with Gasteiger partial charge in [0.05, 0.1) is 11.4 Å². The molecule has 0 saturated heterocycles. The van der Waals surface area contributed by atoms with Gasteiger partial charge < -0.3 is 16.2 Å². The number of carbonyl (C=O) groups is 1. The van der Waals surface area contributed by atoms with Gasteiger partial charge in [-0.25, -0.2) is 0 Å². The van der Waals surface area contributed by atoms with E-state index in [-0.39, 0.29) is 17.6 Å². The Hall–Kier alpha value is -1.71. The zero-order chi connectivity index (χ0) is 10.1. The molecule has 1 aliphatic rings. The van der Waals surface area contributed by atoms with Gasteiger partial charge in [-0.05, 0) is 25.0 Å². The van der Waals surface area contributed by atoms with Crippen molar-refractivity contribution in [1.29, 1.82) is 0 Å². The predicted molar refractivity (Wildman–Crippen MR) is 53.9 cm³/mol. The molecule has 0 spiro atoms. The summed E-state index contributed by atoms with van der Waals surface area (Å²) in [7, 11) is 0. The van der Waals surface area contributed by atoms with E-state index in [0.717, 1.165) is 12.8 Å². The van der Waals surface area contributed by atoms with Crippen LogP contribution in [-0.4, -0.2) is 11.0 Å². The molecule has 1 fully saturated rings. The summed E-state index contributed by atoms with van der Waals surface area (Å²) in [6.45, 7) is 0. The molecule has 1 aromatic carbocycles. The Morgan fingerprint density at radius 2 is 2.21 bits per heavy atom. The Kier molecular flexibility index (Phi) is 2.04. The van der Waals surface area contributed by atoms with E-state index in [1.165, 1.54) is 12.1 Å². The summed E-state index contributed by atoms with van der Waals surface area (Å²) in [5, 5.41) is 11.9. The van der Waals surface area contributed by atoms with Crippen LogP contribution in [0.25, 0.3) is 0 Å². The van der Waals surface area contributed by atoms with Crippen LogP contribution in [0.5, 0.6) is 5.75 Å². The first-order valence-corrected chi connectivity index (χ1v) is 4.56. The second-order valence-electron chi connectivity index (χ2n) is 3.54. The molecule has 0 aromatic heterocycles. The maximum Gasteiger partial charge on any atom is 0.227 e. The molecule has 1 aromatic rings. The van der Waals surface area contributed by atoms with Crippen LogP contribution in [0.2, 0.25) is 0 Å². The van der Waals surface area contributed by atoms with E-state index in [9.17, 15) is 9.90 Å². The number of nitrogens with one attached hydrogen (secondary N) is 1. The van der Waals surface area contributed by atoms with Crippen LogP contribution < -0.4 is 11.1 Å². The van der Waals surface area contributed by atoms with Crippen LogP contribution in [0.4, 0.5) is 11.4 Å². The molecule has 0 atom stereocenters. The Morgan fingerprint density at radius 3 is 2.86 bits per heavy atom. The third-order valence-corrected chi connectivity index (χ3v) is 2.24. The summed E-state index contributed by atoms with van der Waals surface area (Å²) in [6.07, 6.45) is 1.90. The number of rotatable bonds is 2. The first kappa shape index (κ1) is 8.87. The van der Waals surface area contributed by atoms with E-state index >= 15 is 0 Å². The van der Waals surface area contributed by atoms with Gasteiger partial charge >= 0.3 is 0 Å². The predicted octanol–water partition coefficient (Wildman–Crippen LogP) is 1.32. The van der Waals surface area contributed by atoms with Crippen LogP contribution in [0, 0.1) is 5.92 Å². The van der Waals surface area contributed by atoms with E-state index in [0.29, 0.717) is 11.4 Å². The minimum atomic E-state index is -0.0118. The molecule has 0 unspecified atom stereocenters. The zero-order valence-electron chi connectivity index (χ0n) is 7.66. The lowest BCUT2D eigenvalue weighted by atomic mass is 10.2. The molecule has 0 heterocycles. The molecule has 4 heteroatoms. The molecule has 0 aliphatic heterocycles. The van der Waals surface area contributed by atoms with E-state index in [1.807, 2.05) is 0 Å². The number of carbonyl (C=O) groups excluding carboxylic acids is 1. The summed E-state index contributed by atoms with van der Waals surface area (Å²) in [5.41, 5.74) is 6.59. The van der Waals surface area contributed by atoms with Crippen molar-refractivity contribution in [2.75, 3.05) is 11.1 Å². The molecule has 2 rings (SSSR count). The molecule has 4 N–H and O–H groups in total. The highest BCUT2D eigenvalue weighted by atomic mass is 16.3. The summed E-state index contributed by atoms with van der Waals surface area (Å²) in [5.74, 6) is 0.226. The van der Waals surface area contributed by atoms with Gasteiger partial charge in [-0.3, -0.25) is 4.79 Å². The summed E-state index contributed by atoms with van der Waals surface area (Å²) in [6, 6.07) is 4.51. The summed E-state index contributed by atoms with van der Waals surface area (Å²) >= 11 is 0. The standard InChI is InChI=1S/C10H12N2O2/c11-8-4-3-7(13)5-9(8)12-10(14)6-1-2-6/h3-6,13H,1-2,11H2,(H,12,14). The number of aromatic hydroxyl groups is 1.